The van der Waals surface area contributed by atoms with Crippen molar-refractivity contribution in [3.05, 3.63) is 99.6 Å². The minimum Gasteiger partial charge on any atom is -0.348 e. The van der Waals surface area contributed by atoms with Gasteiger partial charge in [-0.15, -0.1) is 0 Å². The van der Waals surface area contributed by atoms with E-state index in [-0.39, 0.29) is 11.8 Å². The molecule has 0 aliphatic carbocycles. The number of hydrogen-bond donors (Lipinski definition) is 1. The van der Waals surface area contributed by atoms with E-state index in [1.165, 1.54) is 0 Å². The molecular weight excluding hydrogens is 396 g/mol. The minimum atomic E-state index is -0.138. The molecule has 0 saturated carbocycles. The fourth-order valence-corrected chi connectivity index (χ4v) is 3.92. The second kappa shape index (κ2) is 8.72. The Kier molecular flexibility index (Phi) is 5.86. The molecule has 4 rings (SSSR count). The first-order chi connectivity index (χ1) is 14.5. The van der Waals surface area contributed by atoms with Crippen molar-refractivity contribution in [2.45, 2.75) is 26.3 Å². The molecular formula is C25H23ClN2O2. The molecule has 4 nitrogen and oxygen atoms in total. The fourth-order valence-electron chi connectivity index (χ4n) is 3.79. The molecule has 0 fully saturated rings. The summed E-state index contributed by atoms with van der Waals surface area (Å²) in [5.74, 6) is -0.107. The lowest BCUT2D eigenvalue weighted by atomic mass is 9.98. The van der Waals surface area contributed by atoms with Gasteiger partial charge in [0.25, 0.3) is 11.8 Å². The molecule has 0 unspecified atom stereocenters. The van der Waals surface area contributed by atoms with Crippen LogP contribution in [0.1, 0.15) is 43.8 Å². The van der Waals surface area contributed by atoms with Gasteiger partial charge in [0.05, 0.1) is 0 Å². The highest BCUT2D eigenvalue weighted by Gasteiger charge is 2.24. The Morgan fingerprint density at radius 1 is 1.00 bits per heavy atom. The SMILES string of the molecule is Cc1cccc(C(=O)N2CCCc3cc(CNC(=O)c4ccc(Cl)cc4)ccc32)c1. The number of hydrogen-bond acceptors (Lipinski definition) is 2. The molecule has 0 radical (unpaired) electrons. The van der Waals surface area contributed by atoms with E-state index in [1.807, 2.05) is 48.2 Å². The molecule has 30 heavy (non-hydrogen) atoms. The summed E-state index contributed by atoms with van der Waals surface area (Å²) < 4.78 is 0. The second-order valence-corrected chi connectivity index (χ2v) is 8.02. The van der Waals surface area contributed by atoms with Crippen molar-refractivity contribution in [1.82, 2.24) is 5.32 Å². The van der Waals surface area contributed by atoms with Gasteiger partial charge >= 0.3 is 0 Å². The van der Waals surface area contributed by atoms with Crippen LogP contribution < -0.4 is 10.2 Å². The van der Waals surface area contributed by atoms with Crippen LogP contribution >= 0.6 is 11.6 Å². The number of amides is 2. The Morgan fingerprint density at radius 2 is 1.80 bits per heavy atom. The molecule has 0 aromatic heterocycles. The van der Waals surface area contributed by atoms with Crippen molar-refractivity contribution in [3.63, 3.8) is 0 Å². The van der Waals surface area contributed by atoms with Crippen LogP contribution in [0.3, 0.4) is 0 Å². The summed E-state index contributed by atoms with van der Waals surface area (Å²) in [6, 6.07) is 20.6. The molecule has 0 spiro atoms. The van der Waals surface area contributed by atoms with Gasteiger partial charge in [-0.3, -0.25) is 9.59 Å². The van der Waals surface area contributed by atoms with Crippen LogP contribution in [0.15, 0.2) is 66.7 Å². The minimum absolute atomic E-state index is 0.0310. The molecule has 2 amide bonds. The van der Waals surface area contributed by atoms with E-state index >= 15 is 0 Å². The Bertz CT molecular complexity index is 1090. The first-order valence-corrected chi connectivity index (χ1v) is 10.4. The van der Waals surface area contributed by atoms with E-state index in [1.54, 1.807) is 24.3 Å². The zero-order chi connectivity index (χ0) is 21.1. The van der Waals surface area contributed by atoms with E-state index < -0.39 is 0 Å². The molecule has 3 aromatic carbocycles. The molecule has 0 atom stereocenters. The van der Waals surface area contributed by atoms with Crippen LogP contribution in [0.2, 0.25) is 5.02 Å². The molecule has 1 heterocycles. The lowest BCUT2D eigenvalue weighted by Crippen LogP contribution is -2.35. The van der Waals surface area contributed by atoms with Crippen molar-refractivity contribution < 1.29 is 9.59 Å². The van der Waals surface area contributed by atoms with Crippen LogP contribution in [0.5, 0.6) is 0 Å². The van der Waals surface area contributed by atoms with Gasteiger partial charge in [0, 0.05) is 34.9 Å². The third-order valence-electron chi connectivity index (χ3n) is 5.33. The maximum Gasteiger partial charge on any atom is 0.258 e. The Balaban J connectivity index is 1.48. The fraction of sp³-hybridized carbons (Fsp3) is 0.200. The number of nitrogens with one attached hydrogen (secondary N) is 1. The normalized spacial score (nSPS) is 12.9. The summed E-state index contributed by atoms with van der Waals surface area (Å²) in [6.45, 7) is 3.14. The van der Waals surface area contributed by atoms with Gasteiger partial charge < -0.3 is 10.2 Å². The van der Waals surface area contributed by atoms with Gasteiger partial charge in [-0.1, -0.05) is 41.4 Å². The van der Waals surface area contributed by atoms with Gasteiger partial charge in [0.2, 0.25) is 0 Å². The highest BCUT2D eigenvalue weighted by atomic mass is 35.5. The number of aryl methyl sites for hydroxylation is 2. The predicted octanol–water partition coefficient (Wildman–Crippen LogP) is 5.17. The number of nitrogens with zero attached hydrogens (tertiary/aromatic N) is 1. The van der Waals surface area contributed by atoms with Crippen molar-refractivity contribution in [2.24, 2.45) is 0 Å². The zero-order valence-corrected chi connectivity index (χ0v) is 17.6. The average Bonchev–Trinajstić information content (AvgIpc) is 2.77. The maximum atomic E-state index is 13.1. The molecule has 1 aliphatic heterocycles. The zero-order valence-electron chi connectivity index (χ0n) is 16.8. The van der Waals surface area contributed by atoms with Crippen LogP contribution in [0.4, 0.5) is 5.69 Å². The topological polar surface area (TPSA) is 49.4 Å². The molecule has 1 aliphatic rings. The standard InChI is InChI=1S/C25H23ClN2O2/c1-17-4-2-5-21(14-17)25(30)28-13-3-6-20-15-18(7-12-23(20)28)16-27-24(29)19-8-10-22(26)11-9-19/h2,4-5,7-12,14-15H,3,6,13,16H2,1H3,(H,27,29). The van der Waals surface area contributed by atoms with Gasteiger partial charge in [-0.25, -0.2) is 0 Å². The smallest absolute Gasteiger partial charge is 0.258 e. The number of fused-ring (bicyclic) bond motifs is 1. The van der Waals surface area contributed by atoms with Gasteiger partial charge in [0.15, 0.2) is 0 Å². The molecule has 152 valence electrons. The first kappa shape index (κ1) is 20.2. The summed E-state index contributed by atoms with van der Waals surface area (Å²) in [7, 11) is 0. The number of benzene rings is 3. The summed E-state index contributed by atoms with van der Waals surface area (Å²) in [5.41, 5.74) is 5.47. The largest absolute Gasteiger partial charge is 0.348 e. The second-order valence-electron chi connectivity index (χ2n) is 7.58. The number of anilines is 1. The predicted molar refractivity (Wildman–Crippen MR) is 120 cm³/mol. The van der Waals surface area contributed by atoms with Crippen molar-refractivity contribution in [3.8, 4) is 0 Å². The van der Waals surface area contributed by atoms with Gasteiger partial charge in [-0.2, -0.15) is 0 Å². The number of halogens is 1. The lowest BCUT2D eigenvalue weighted by Gasteiger charge is -2.30. The summed E-state index contributed by atoms with van der Waals surface area (Å²) >= 11 is 5.88. The monoisotopic (exact) mass is 418 g/mol. The third-order valence-corrected chi connectivity index (χ3v) is 5.58. The van der Waals surface area contributed by atoms with Gasteiger partial charge in [-0.05, 0) is 73.4 Å². The van der Waals surface area contributed by atoms with E-state index in [4.69, 9.17) is 11.6 Å². The quantitative estimate of drug-likeness (QED) is 0.635. The summed E-state index contributed by atoms with van der Waals surface area (Å²) in [5, 5.41) is 3.55. The van der Waals surface area contributed by atoms with Crippen LogP contribution in [-0.2, 0) is 13.0 Å². The number of rotatable bonds is 4. The number of carbonyl (C=O) groups is 2. The molecule has 5 heteroatoms. The lowest BCUT2D eigenvalue weighted by molar-refractivity contribution is 0.0949. The summed E-state index contributed by atoms with van der Waals surface area (Å²) in [6.07, 6.45) is 1.84. The van der Waals surface area contributed by atoms with E-state index in [0.717, 1.165) is 35.2 Å². The Hall–Kier alpha value is -3.11. The molecule has 3 aromatic rings. The number of carbonyl (C=O) groups excluding carboxylic acids is 2. The van der Waals surface area contributed by atoms with E-state index in [2.05, 4.69) is 11.4 Å². The average molecular weight is 419 g/mol. The third kappa shape index (κ3) is 4.39. The van der Waals surface area contributed by atoms with Crippen molar-refractivity contribution >= 4 is 29.1 Å². The summed E-state index contributed by atoms with van der Waals surface area (Å²) in [4.78, 5) is 27.3. The first-order valence-electron chi connectivity index (χ1n) is 10.1. The van der Waals surface area contributed by atoms with Crippen LogP contribution in [0.25, 0.3) is 0 Å². The highest BCUT2D eigenvalue weighted by molar-refractivity contribution is 6.30. The maximum absolute atomic E-state index is 13.1. The van der Waals surface area contributed by atoms with Gasteiger partial charge in [0.1, 0.15) is 0 Å². The highest BCUT2D eigenvalue weighted by Crippen LogP contribution is 2.29. The van der Waals surface area contributed by atoms with Crippen LogP contribution in [-0.4, -0.2) is 18.4 Å². The van der Waals surface area contributed by atoms with Crippen molar-refractivity contribution in [1.29, 1.82) is 0 Å². The van der Waals surface area contributed by atoms with Crippen molar-refractivity contribution in [2.75, 3.05) is 11.4 Å². The Labute approximate surface area is 181 Å². The van der Waals surface area contributed by atoms with Crippen LogP contribution in [0, 0.1) is 6.92 Å². The van der Waals surface area contributed by atoms with E-state index in [9.17, 15) is 9.59 Å². The Morgan fingerprint density at radius 3 is 2.57 bits per heavy atom. The molecule has 1 N–H and O–H groups in total. The molecule has 0 bridgehead atoms. The van der Waals surface area contributed by atoms with E-state index in [0.29, 0.717) is 29.2 Å². The molecule has 0 saturated heterocycles.